The van der Waals surface area contributed by atoms with Crippen molar-refractivity contribution in [2.24, 2.45) is 16.8 Å². The van der Waals surface area contributed by atoms with Crippen LogP contribution in [0.15, 0.2) is 185 Å². The Morgan fingerprint density at radius 2 is 1.45 bits per heavy atom. The number of rotatable bonds is 5. The minimum Gasteiger partial charge on any atom is -0.262 e. The van der Waals surface area contributed by atoms with Gasteiger partial charge in [-0.1, -0.05) is 140 Å². The van der Waals surface area contributed by atoms with Gasteiger partial charge in [-0.2, -0.15) is 0 Å². The van der Waals surface area contributed by atoms with Crippen LogP contribution in [0.2, 0.25) is 0 Å². The normalized spacial score (nSPS) is 18.5. The summed E-state index contributed by atoms with van der Waals surface area (Å²) < 4.78 is 0. The molecule has 0 amide bonds. The van der Waals surface area contributed by atoms with E-state index in [1.54, 1.807) is 0 Å². The van der Waals surface area contributed by atoms with Crippen molar-refractivity contribution in [2.75, 3.05) is 0 Å². The van der Waals surface area contributed by atoms with Crippen LogP contribution in [-0.4, -0.2) is 21.7 Å². The van der Waals surface area contributed by atoms with Crippen molar-refractivity contribution in [1.29, 1.82) is 0 Å². The van der Waals surface area contributed by atoms with Crippen molar-refractivity contribution >= 4 is 73.2 Å². The molecule has 0 spiro atoms. The van der Waals surface area contributed by atoms with Gasteiger partial charge in [-0.25, -0.2) is 9.97 Å². The number of aromatic nitrogens is 3. The average molecular weight is 703 g/mol. The lowest BCUT2D eigenvalue weighted by atomic mass is 9.61. The van der Waals surface area contributed by atoms with Gasteiger partial charge in [-0.05, 0) is 70.8 Å². The van der Waals surface area contributed by atoms with Gasteiger partial charge in [0.2, 0.25) is 0 Å². The molecule has 0 bridgehead atoms. The van der Waals surface area contributed by atoms with Crippen LogP contribution < -0.4 is 0 Å². The molecule has 7 aromatic rings. The van der Waals surface area contributed by atoms with Gasteiger partial charge in [0.1, 0.15) is 0 Å². The molecular weight excluding hydrogens is 669 g/mol. The predicted molar refractivity (Wildman–Crippen MR) is 230 cm³/mol. The summed E-state index contributed by atoms with van der Waals surface area (Å²) in [6.07, 6.45) is 24.4. The maximum absolute atomic E-state index is 5.47. The van der Waals surface area contributed by atoms with Crippen molar-refractivity contribution in [3.05, 3.63) is 197 Å². The molecule has 2 unspecified atom stereocenters. The Morgan fingerprint density at radius 1 is 0.655 bits per heavy atom. The molecule has 4 aliphatic rings. The van der Waals surface area contributed by atoms with Crippen LogP contribution in [-0.2, 0) is 0 Å². The Bertz CT molecular complexity index is 3110. The van der Waals surface area contributed by atoms with Gasteiger partial charge in [0.25, 0.3) is 0 Å². The largest absolute Gasteiger partial charge is 0.262 e. The molecule has 258 valence electrons. The SMILES string of the molecule is C=Nc1c(/C=C\C)ccc2c(C3=C4C=CC5=CC=C(c6ccc7ccc8c(-c9ccccc9)c9ccccc9nc8c7n6)C6=CC=C(C=C3)C4C56)ccnc12. The number of nitrogens with zero attached hydrogens (tertiary/aromatic N) is 4. The number of fused-ring (bicyclic) bond motifs is 5. The smallest absolute Gasteiger partial charge is 0.0978 e. The summed E-state index contributed by atoms with van der Waals surface area (Å²) in [4.78, 5) is 20.0. The van der Waals surface area contributed by atoms with Crippen LogP contribution in [0.5, 0.6) is 0 Å². The lowest BCUT2D eigenvalue weighted by Crippen LogP contribution is -2.30. The third kappa shape index (κ3) is 4.71. The second-order valence-electron chi connectivity index (χ2n) is 14.5. The zero-order valence-corrected chi connectivity index (χ0v) is 30.2. The second-order valence-corrected chi connectivity index (χ2v) is 14.5. The first-order valence-electron chi connectivity index (χ1n) is 18.8. The van der Waals surface area contributed by atoms with E-state index >= 15 is 0 Å². The maximum Gasteiger partial charge on any atom is 0.0978 e. The van der Waals surface area contributed by atoms with Crippen molar-refractivity contribution in [3.8, 4) is 11.1 Å². The molecule has 3 heterocycles. The number of allylic oxidation sites excluding steroid dienone is 15. The number of hydrogen-bond acceptors (Lipinski definition) is 4. The van der Waals surface area contributed by atoms with E-state index in [0.717, 1.165) is 71.7 Å². The molecule has 4 aromatic carbocycles. The highest BCUT2D eigenvalue weighted by molar-refractivity contribution is 6.16. The Hall–Kier alpha value is -7.04. The van der Waals surface area contributed by atoms with Gasteiger partial charge in [-0.15, -0.1) is 0 Å². The summed E-state index contributed by atoms with van der Waals surface area (Å²) in [7, 11) is 0. The van der Waals surface area contributed by atoms with Crippen LogP contribution in [0.3, 0.4) is 0 Å². The Labute approximate surface area is 319 Å². The molecule has 4 heteroatoms. The molecule has 4 aliphatic carbocycles. The van der Waals surface area contributed by atoms with E-state index in [1.165, 1.54) is 39.0 Å². The minimum atomic E-state index is 0.177. The molecule has 0 saturated heterocycles. The molecule has 11 rings (SSSR count). The molecule has 0 fully saturated rings. The highest BCUT2D eigenvalue weighted by atomic mass is 14.8. The van der Waals surface area contributed by atoms with Crippen molar-refractivity contribution in [1.82, 2.24) is 15.0 Å². The van der Waals surface area contributed by atoms with Gasteiger partial charge < -0.3 is 0 Å². The summed E-state index contributed by atoms with van der Waals surface area (Å²) in [5, 5.41) is 4.41. The van der Waals surface area contributed by atoms with Gasteiger partial charge in [0.05, 0.1) is 33.4 Å². The van der Waals surface area contributed by atoms with E-state index in [4.69, 9.17) is 15.0 Å². The third-order valence-corrected chi connectivity index (χ3v) is 11.7. The first kappa shape index (κ1) is 31.5. The molecule has 0 radical (unpaired) electrons. The van der Waals surface area contributed by atoms with Gasteiger partial charge >= 0.3 is 0 Å². The molecule has 0 saturated carbocycles. The van der Waals surface area contributed by atoms with Crippen LogP contribution >= 0.6 is 0 Å². The van der Waals surface area contributed by atoms with Gasteiger partial charge in [-0.3, -0.25) is 9.98 Å². The molecule has 4 nitrogen and oxygen atoms in total. The fraction of sp³-hybridized carbons (Fsp3) is 0.0588. The summed E-state index contributed by atoms with van der Waals surface area (Å²) in [5.74, 6) is 0.363. The number of aliphatic imine (C=N–C) groups is 1. The third-order valence-electron chi connectivity index (χ3n) is 11.7. The highest BCUT2D eigenvalue weighted by Gasteiger charge is 2.41. The van der Waals surface area contributed by atoms with Crippen molar-refractivity contribution < 1.29 is 0 Å². The zero-order chi connectivity index (χ0) is 36.6. The molecule has 2 atom stereocenters. The molecule has 0 N–H and O–H groups in total. The fourth-order valence-electron chi connectivity index (χ4n) is 9.29. The van der Waals surface area contributed by atoms with E-state index in [2.05, 4.69) is 163 Å². The fourth-order valence-corrected chi connectivity index (χ4v) is 9.29. The number of benzene rings is 4. The van der Waals surface area contributed by atoms with Crippen molar-refractivity contribution in [2.45, 2.75) is 6.92 Å². The Balaban J connectivity index is 1.05. The van der Waals surface area contributed by atoms with E-state index in [0.29, 0.717) is 0 Å². The van der Waals surface area contributed by atoms with Gasteiger partial charge in [0.15, 0.2) is 0 Å². The average Bonchev–Trinajstić information content (AvgIpc) is 3.24. The second kappa shape index (κ2) is 12.3. The quantitative estimate of drug-likeness (QED) is 0.102. The number of para-hydroxylation sites is 1. The maximum atomic E-state index is 5.47. The minimum absolute atomic E-state index is 0.177. The lowest BCUT2D eigenvalue weighted by molar-refractivity contribution is 0.569. The standard InChI is InChI=1S/C51H34N4/c1-3-9-33-18-25-40-36(28-29-53-50(40)48(33)52-2)35-21-14-31-17-24-39-37(22-15-32-16-23-38(35)46(31)47(32)39)44-27-20-34-19-26-42-45(30-10-5-4-6-11-30)41-12-7-8-13-43(41)55-51(42)49(34)54-44/h3-29,46-47H,2H2,1H3/b9-3-. The van der Waals surface area contributed by atoms with Crippen LogP contribution in [0.4, 0.5) is 5.69 Å². The predicted octanol–water partition coefficient (Wildman–Crippen LogP) is 12.5. The zero-order valence-electron chi connectivity index (χ0n) is 30.2. The van der Waals surface area contributed by atoms with E-state index < -0.39 is 0 Å². The molecule has 55 heavy (non-hydrogen) atoms. The monoisotopic (exact) mass is 702 g/mol. The van der Waals surface area contributed by atoms with Gasteiger partial charge in [0, 0.05) is 56.3 Å². The number of hydrogen-bond donors (Lipinski definition) is 0. The van der Waals surface area contributed by atoms with Crippen LogP contribution in [0, 0.1) is 11.8 Å². The first-order valence-corrected chi connectivity index (χ1v) is 18.8. The molecule has 3 aromatic heterocycles. The van der Waals surface area contributed by atoms with E-state index in [-0.39, 0.29) is 11.8 Å². The number of pyridine rings is 3. The van der Waals surface area contributed by atoms with Crippen LogP contribution in [0.1, 0.15) is 23.7 Å². The van der Waals surface area contributed by atoms with Crippen molar-refractivity contribution in [3.63, 3.8) is 0 Å². The summed E-state index contributed by atoms with van der Waals surface area (Å²) >= 11 is 0. The molecular formula is C51H34N4. The first-order chi connectivity index (χ1) is 27.2. The van der Waals surface area contributed by atoms with E-state index in [1.807, 2.05) is 19.2 Å². The topological polar surface area (TPSA) is 51.0 Å². The van der Waals surface area contributed by atoms with Crippen LogP contribution in [0.25, 0.3) is 72.0 Å². The lowest BCUT2D eigenvalue weighted by Gasteiger charge is -2.42. The Kier molecular flexibility index (Phi) is 7.02. The highest BCUT2D eigenvalue weighted by Crippen LogP contribution is 2.54. The van der Waals surface area contributed by atoms with E-state index in [9.17, 15) is 0 Å². The summed E-state index contributed by atoms with van der Waals surface area (Å²) in [6, 6.07) is 34.3. The Morgan fingerprint density at radius 3 is 2.35 bits per heavy atom. The summed E-state index contributed by atoms with van der Waals surface area (Å²) in [6.45, 7) is 5.91. The molecule has 0 aliphatic heterocycles. The summed E-state index contributed by atoms with van der Waals surface area (Å²) in [5.41, 5.74) is 17.7.